The summed E-state index contributed by atoms with van der Waals surface area (Å²) in [6, 6.07) is -0.442. The zero-order valence-electron chi connectivity index (χ0n) is 7.10. The molecule has 1 saturated heterocycles. The normalized spacial score (nSPS) is 21.3. The van der Waals surface area contributed by atoms with Gasteiger partial charge in [0.05, 0.1) is 6.42 Å². The molecule has 1 atom stereocenters. The highest BCUT2D eigenvalue weighted by molar-refractivity contribution is 6.17. The van der Waals surface area contributed by atoms with Crippen molar-refractivity contribution in [3.05, 3.63) is 0 Å². The summed E-state index contributed by atoms with van der Waals surface area (Å²) >= 11 is 5.43. The second kappa shape index (κ2) is 5.04. The first-order valence-electron chi connectivity index (χ1n) is 4.12. The van der Waals surface area contributed by atoms with Gasteiger partial charge in [-0.2, -0.15) is 0 Å². The topological polar surface area (TPSA) is 70.2 Å². The Kier molecular flexibility index (Phi) is 3.98. The van der Waals surface area contributed by atoms with Crippen LogP contribution < -0.4 is 16.2 Å². The van der Waals surface area contributed by atoms with E-state index in [-0.39, 0.29) is 18.2 Å². The van der Waals surface area contributed by atoms with Crippen molar-refractivity contribution in [1.82, 2.24) is 16.2 Å². The molecule has 0 bridgehead atoms. The lowest BCUT2D eigenvalue weighted by molar-refractivity contribution is -0.124. The van der Waals surface area contributed by atoms with Gasteiger partial charge in [0.25, 0.3) is 0 Å². The summed E-state index contributed by atoms with van der Waals surface area (Å²) in [6.45, 7) is 0.550. The summed E-state index contributed by atoms with van der Waals surface area (Å²) in [5.74, 6) is 0.205. The number of hydrogen-bond acceptors (Lipinski definition) is 3. The van der Waals surface area contributed by atoms with Crippen LogP contribution in [0, 0.1) is 0 Å². The molecule has 13 heavy (non-hydrogen) atoms. The molecular weight excluding hydrogens is 194 g/mol. The smallest absolute Gasteiger partial charge is 0.239 e. The lowest BCUT2D eigenvalue weighted by atomic mass is 10.2. The Labute approximate surface area is 81.2 Å². The molecule has 1 heterocycles. The van der Waals surface area contributed by atoms with Gasteiger partial charge in [-0.15, -0.1) is 11.6 Å². The molecule has 1 fully saturated rings. The molecule has 0 aromatic heterocycles. The van der Waals surface area contributed by atoms with Crippen LogP contribution in [-0.2, 0) is 9.59 Å². The molecule has 74 valence electrons. The van der Waals surface area contributed by atoms with E-state index < -0.39 is 6.04 Å². The van der Waals surface area contributed by atoms with Crippen LogP contribution in [-0.4, -0.2) is 30.3 Å². The molecule has 1 unspecified atom stereocenters. The Bertz CT molecular complexity index is 210. The van der Waals surface area contributed by atoms with Gasteiger partial charge in [-0.25, -0.2) is 5.43 Å². The van der Waals surface area contributed by atoms with Crippen molar-refractivity contribution < 1.29 is 9.59 Å². The fraction of sp³-hybridized carbons (Fsp3) is 0.714. The van der Waals surface area contributed by atoms with Crippen LogP contribution in [0.3, 0.4) is 0 Å². The number of rotatable bonds is 4. The molecule has 0 aromatic carbocycles. The number of nitrogens with one attached hydrogen (secondary N) is 3. The zero-order chi connectivity index (χ0) is 9.68. The van der Waals surface area contributed by atoms with Gasteiger partial charge in [-0.1, -0.05) is 0 Å². The monoisotopic (exact) mass is 205 g/mol. The third kappa shape index (κ3) is 3.20. The zero-order valence-corrected chi connectivity index (χ0v) is 7.86. The summed E-state index contributed by atoms with van der Waals surface area (Å²) < 4.78 is 0. The second-order valence-corrected chi connectivity index (χ2v) is 3.16. The van der Waals surface area contributed by atoms with E-state index in [0.717, 1.165) is 6.42 Å². The lowest BCUT2D eigenvalue weighted by Crippen LogP contribution is -2.43. The second-order valence-electron chi connectivity index (χ2n) is 2.78. The Morgan fingerprint density at radius 3 is 3.00 bits per heavy atom. The summed E-state index contributed by atoms with van der Waals surface area (Å²) in [7, 11) is 0. The van der Waals surface area contributed by atoms with E-state index in [1.54, 1.807) is 0 Å². The summed E-state index contributed by atoms with van der Waals surface area (Å²) in [6.07, 6.45) is 0.939. The van der Waals surface area contributed by atoms with E-state index in [1.165, 1.54) is 0 Å². The fourth-order valence-electron chi connectivity index (χ4n) is 1.01. The van der Waals surface area contributed by atoms with E-state index >= 15 is 0 Å². The van der Waals surface area contributed by atoms with E-state index in [1.807, 2.05) is 0 Å². The summed E-state index contributed by atoms with van der Waals surface area (Å²) in [4.78, 5) is 22.0. The van der Waals surface area contributed by atoms with Gasteiger partial charge in [-0.3, -0.25) is 15.0 Å². The van der Waals surface area contributed by atoms with Crippen molar-refractivity contribution >= 4 is 23.4 Å². The summed E-state index contributed by atoms with van der Waals surface area (Å²) in [5, 5.41) is 2.67. The van der Waals surface area contributed by atoms with E-state index in [4.69, 9.17) is 11.6 Å². The minimum Gasteiger partial charge on any atom is -0.355 e. The maximum absolute atomic E-state index is 11.3. The van der Waals surface area contributed by atoms with Crippen molar-refractivity contribution in [1.29, 1.82) is 0 Å². The molecule has 6 heteroatoms. The molecule has 0 saturated carbocycles. The standard InChI is InChI=1S/C7H12ClN3O2/c8-2-1-3-9-7(13)5-4-6(12)11-10-5/h5,10H,1-4H2,(H,9,13)(H,11,12). The number of halogens is 1. The number of alkyl halides is 1. The quantitative estimate of drug-likeness (QED) is 0.413. The third-order valence-electron chi connectivity index (χ3n) is 1.70. The molecule has 0 aromatic rings. The van der Waals surface area contributed by atoms with Crippen LogP contribution in [0.25, 0.3) is 0 Å². The average molecular weight is 206 g/mol. The first-order valence-corrected chi connectivity index (χ1v) is 4.65. The van der Waals surface area contributed by atoms with Crippen molar-refractivity contribution in [2.45, 2.75) is 18.9 Å². The van der Waals surface area contributed by atoms with Crippen LogP contribution in [0.1, 0.15) is 12.8 Å². The Morgan fingerprint density at radius 2 is 2.46 bits per heavy atom. The van der Waals surface area contributed by atoms with Crippen LogP contribution in [0.2, 0.25) is 0 Å². The SMILES string of the molecule is O=C1CC(C(=O)NCCCCl)NN1. The maximum atomic E-state index is 11.3. The van der Waals surface area contributed by atoms with Gasteiger partial charge >= 0.3 is 0 Å². The number of hydrogen-bond donors (Lipinski definition) is 3. The molecule has 0 radical (unpaired) electrons. The van der Waals surface area contributed by atoms with E-state index in [0.29, 0.717) is 12.4 Å². The Hall–Kier alpha value is -0.810. The van der Waals surface area contributed by atoms with Gasteiger partial charge in [0.2, 0.25) is 11.8 Å². The number of hydrazine groups is 1. The maximum Gasteiger partial charge on any atom is 0.239 e. The molecule has 3 N–H and O–H groups in total. The molecule has 1 aliphatic rings. The van der Waals surface area contributed by atoms with E-state index in [9.17, 15) is 9.59 Å². The van der Waals surface area contributed by atoms with Crippen LogP contribution >= 0.6 is 11.6 Å². The molecule has 1 aliphatic heterocycles. The molecular formula is C7H12ClN3O2. The molecule has 0 spiro atoms. The van der Waals surface area contributed by atoms with Gasteiger partial charge in [0, 0.05) is 12.4 Å². The highest BCUT2D eigenvalue weighted by atomic mass is 35.5. The molecule has 0 aliphatic carbocycles. The Balaban J connectivity index is 2.20. The predicted molar refractivity (Wildman–Crippen MR) is 48.0 cm³/mol. The third-order valence-corrected chi connectivity index (χ3v) is 1.97. The fourth-order valence-corrected chi connectivity index (χ4v) is 1.15. The highest BCUT2D eigenvalue weighted by Gasteiger charge is 2.26. The lowest BCUT2D eigenvalue weighted by Gasteiger charge is -2.08. The van der Waals surface area contributed by atoms with Gasteiger partial charge < -0.3 is 5.32 Å². The van der Waals surface area contributed by atoms with Gasteiger partial charge in [0.1, 0.15) is 6.04 Å². The number of amides is 2. The largest absolute Gasteiger partial charge is 0.355 e. The van der Waals surface area contributed by atoms with Crippen molar-refractivity contribution in [2.24, 2.45) is 0 Å². The van der Waals surface area contributed by atoms with Crippen LogP contribution in [0.5, 0.6) is 0 Å². The van der Waals surface area contributed by atoms with Gasteiger partial charge in [0.15, 0.2) is 0 Å². The Morgan fingerprint density at radius 1 is 1.69 bits per heavy atom. The minimum atomic E-state index is -0.442. The van der Waals surface area contributed by atoms with E-state index in [2.05, 4.69) is 16.2 Å². The van der Waals surface area contributed by atoms with Crippen molar-refractivity contribution in [3.63, 3.8) is 0 Å². The number of carbonyl (C=O) groups is 2. The van der Waals surface area contributed by atoms with Crippen molar-refractivity contribution in [3.8, 4) is 0 Å². The average Bonchev–Trinajstić information content (AvgIpc) is 2.52. The first kappa shape index (κ1) is 10.3. The molecule has 2 amide bonds. The van der Waals surface area contributed by atoms with Crippen molar-refractivity contribution in [2.75, 3.05) is 12.4 Å². The minimum absolute atomic E-state index is 0.155. The number of carbonyl (C=O) groups excluding carboxylic acids is 2. The summed E-state index contributed by atoms with van der Waals surface area (Å²) in [5.41, 5.74) is 4.95. The first-order chi connectivity index (χ1) is 6.24. The van der Waals surface area contributed by atoms with Crippen LogP contribution in [0.15, 0.2) is 0 Å². The predicted octanol–water partition coefficient (Wildman–Crippen LogP) is -0.875. The van der Waals surface area contributed by atoms with Crippen LogP contribution in [0.4, 0.5) is 0 Å². The highest BCUT2D eigenvalue weighted by Crippen LogP contribution is 1.97. The molecule has 1 rings (SSSR count). The molecule has 5 nitrogen and oxygen atoms in total. The van der Waals surface area contributed by atoms with Gasteiger partial charge in [-0.05, 0) is 6.42 Å².